The van der Waals surface area contributed by atoms with Gasteiger partial charge in [-0.3, -0.25) is 0 Å². The van der Waals surface area contributed by atoms with Crippen molar-refractivity contribution in [1.82, 2.24) is 0 Å². The van der Waals surface area contributed by atoms with Crippen molar-refractivity contribution in [2.75, 3.05) is 11.9 Å². The molecule has 0 fully saturated rings. The van der Waals surface area contributed by atoms with Crippen LogP contribution in [-0.4, -0.2) is 6.54 Å². The number of hydrogen-bond donors (Lipinski definition) is 1. The first-order chi connectivity index (χ1) is 6.36. The van der Waals surface area contributed by atoms with Gasteiger partial charge in [0, 0.05) is 12.2 Å². The van der Waals surface area contributed by atoms with E-state index in [2.05, 4.69) is 42.6 Å². The molecule has 1 nitrogen and oxygen atoms in total. The predicted molar refractivity (Wildman–Crippen MR) is 60.1 cm³/mol. The quantitative estimate of drug-likeness (QED) is 0.636. The van der Waals surface area contributed by atoms with Gasteiger partial charge in [0.15, 0.2) is 0 Å². The molecular formula is C12H17N. The summed E-state index contributed by atoms with van der Waals surface area (Å²) in [5, 5.41) is 3.32. The summed E-state index contributed by atoms with van der Waals surface area (Å²) in [5.41, 5.74) is 3.86. The average Bonchev–Trinajstić information content (AvgIpc) is 2.21. The van der Waals surface area contributed by atoms with Gasteiger partial charge in [0.25, 0.3) is 0 Å². The molecule has 0 unspecified atom stereocenters. The van der Waals surface area contributed by atoms with Gasteiger partial charge in [-0.15, -0.1) is 0 Å². The Kier molecular flexibility index (Phi) is 3.56. The van der Waals surface area contributed by atoms with Crippen LogP contribution in [0.3, 0.4) is 0 Å². The Balaban J connectivity index is 0.000000396. The van der Waals surface area contributed by atoms with Crippen molar-refractivity contribution >= 4 is 11.8 Å². The van der Waals surface area contributed by atoms with Gasteiger partial charge in [-0.25, -0.2) is 0 Å². The van der Waals surface area contributed by atoms with E-state index in [9.17, 15) is 0 Å². The van der Waals surface area contributed by atoms with Crippen LogP contribution >= 0.6 is 0 Å². The van der Waals surface area contributed by atoms with Gasteiger partial charge in [-0.2, -0.15) is 0 Å². The van der Waals surface area contributed by atoms with Crippen LogP contribution in [0.4, 0.5) is 5.69 Å². The van der Waals surface area contributed by atoms with E-state index in [1.807, 2.05) is 13.8 Å². The molecule has 0 atom stereocenters. The summed E-state index contributed by atoms with van der Waals surface area (Å²) in [4.78, 5) is 0. The largest absolute Gasteiger partial charge is 0.381 e. The molecule has 0 aliphatic carbocycles. The number of anilines is 1. The topological polar surface area (TPSA) is 12.0 Å². The Morgan fingerprint density at radius 3 is 2.77 bits per heavy atom. The third-order valence-electron chi connectivity index (χ3n) is 1.92. The Labute approximate surface area is 80.5 Å². The number of nitrogens with one attached hydrogen (secondary N) is 1. The molecule has 0 radical (unpaired) electrons. The van der Waals surface area contributed by atoms with Crippen molar-refractivity contribution in [3.05, 3.63) is 35.4 Å². The van der Waals surface area contributed by atoms with Crippen LogP contribution in [0.2, 0.25) is 0 Å². The molecule has 70 valence electrons. The second-order valence-corrected chi connectivity index (χ2v) is 2.87. The highest BCUT2D eigenvalue weighted by molar-refractivity contribution is 5.70. The maximum atomic E-state index is 3.32. The van der Waals surface area contributed by atoms with Gasteiger partial charge in [0.1, 0.15) is 0 Å². The summed E-state index contributed by atoms with van der Waals surface area (Å²) in [5.74, 6) is 0. The zero-order valence-electron chi connectivity index (χ0n) is 8.59. The number of aryl methyl sites for hydroxylation is 1. The van der Waals surface area contributed by atoms with Crippen LogP contribution in [-0.2, 0) is 0 Å². The molecular weight excluding hydrogens is 158 g/mol. The highest BCUT2D eigenvalue weighted by atomic mass is 14.9. The van der Waals surface area contributed by atoms with E-state index in [0.29, 0.717) is 0 Å². The Bertz CT molecular complexity index is 300. The number of hydrogen-bond acceptors (Lipinski definition) is 1. The van der Waals surface area contributed by atoms with E-state index in [-0.39, 0.29) is 0 Å². The van der Waals surface area contributed by atoms with Crippen LogP contribution in [0.25, 0.3) is 6.08 Å². The second kappa shape index (κ2) is 4.70. The van der Waals surface area contributed by atoms with Crippen molar-refractivity contribution in [1.29, 1.82) is 0 Å². The fraction of sp³-hybridized carbons (Fsp3) is 0.333. The lowest BCUT2D eigenvalue weighted by molar-refractivity contribution is 1.29. The van der Waals surface area contributed by atoms with Crippen LogP contribution in [0.5, 0.6) is 0 Å². The minimum absolute atomic E-state index is 0.955. The van der Waals surface area contributed by atoms with Gasteiger partial charge in [0.2, 0.25) is 0 Å². The first kappa shape index (κ1) is 9.85. The Hall–Kier alpha value is -1.24. The smallest absolute Gasteiger partial charge is 0.0418 e. The number of rotatable bonds is 0. The van der Waals surface area contributed by atoms with Crippen molar-refractivity contribution in [3.8, 4) is 0 Å². The molecule has 2 rings (SSSR count). The molecule has 1 aromatic rings. The molecule has 1 aliphatic heterocycles. The molecule has 0 aromatic heterocycles. The van der Waals surface area contributed by atoms with Crippen molar-refractivity contribution < 1.29 is 0 Å². The lowest BCUT2D eigenvalue weighted by Crippen LogP contribution is -2.03. The third kappa shape index (κ3) is 2.35. The van der Waals surface area contributed by atoms with Gasteiger partial charge in [-0.1, -0.05) is 38.1 Å². The second-order valence-electron chi connectivity index (χ2n) is 2.87. The molecule has 1 heterocycles. The van der Waals surface area contributed by atoms with Gasteiger partial charge >= 0.3 is 0 Å². The summed E-state index contributed by atoms with van der Waals surface area (Å²) in [6, 6.07) is 6.46. The van der Waals surface area contributed by atoms with E-state index in [1.54, 1.807) is 0 Å². The molecule has 0 amide bonds. The monoisotopic (exact) mass is 175 g/mol. The van der Waals surface area contributed by atoms with E-state index in [1.165, 1.54) is 16.8 Å². The van der Waals surface area contributed by atoms with Crippen LogP contribution < -0.4 is 5.32 Å². The summed E-state index contributed by atoms with van der Waals surface area (Å²) in [7, 11) is 0. The fourth-order valence-electron chi connectivity index (χ4n) is 1.32. The number of fused-ring (bicyclic) bond motifs is 1. The summed E-state index contributed by atoms with van der Waals surface area (Å²) >= 11 is 0. The van der Waals surface area contributed by atoms with Gasteiger partial charge < -0.3 is 5.32 Å². The maximum absolute atomic E-state index is 3.32. The predicted octanol–water partition coefficient (Wildman–Crippen LogP) is 3.46. The molecule has 0 spiro atoms. The summed E-state index contributed by atoms with van der Waals surface area (Å²) in [6.07, 6.45) is 4.29. The molecule has 1 heteroatoms. The standard InChI is InChI=1S/C10H11N.C2H6/c1-8-4-5-9-3-2-6-11-10(9)7-8;1-2/h2-5,7,11H,6H2,1H3;1-2H3. The minimum Gasteiger partial charge on any atom is -0.381 e. The van der Waals surface area contributed by atoms with Crippen LogP contribution in [0, 0.1) is 6.92 Å². The lowest BCUT2D eigenvalue weighted by Gasteiger charge is -2.12. The van der Waals surface area contributed by atoms with Crippen molar-refractivity contribution in [3.63, 3.8) is 0 Å². The van der Waals surface area contributed by atoms with Crippen molar-refractivity contribution in [2.45, 2.75) is 20.8 Å². The maximum Gasteiger partial charge on any atom is 0.0418 e. The Morgan fingerprint density at radius 1 is 1.23 bits per heavy atom. The van der Waals surface area contributed by atoms with E-state index in [0.717, 1.165) is 6.54 Å². The van der Waals surface area contributed by atoms with Crippen LogP contribution in [0.15, 0.2) is 24.3 Å². The molecule has 0 saturated carbocycles. The summed E-state index contributed by atoms with van der Waals surface area (Å²) in [6.45, 7) is 7.07. The van der Waals surface area contributed by atoms with Gasteiger partial charge in [0.05, 0.1) is 0 Å². The average molecular weight is 175 g/mol. The zero-order chi connectivity index (χ0) is 9.68. The first-order valence-electron chi connectivity index (χ1n) is 4.87. The molecule has 13 heavy (non-hydrogen) atoms. The molecule has 1 aromatic carbocycles. The third-order valence-corrected chi connectivity index (χ3v) is 1.92. The molecule has 0 saturated heterocycles. The molecule has 1 aliphatic rings. The van der Waals surface area contributed by atoms with E-state index < -0.39 is 0 Å². The lowest BCUT2D eigenvalue weighted by atomic mass is 10.1. The first-order valence-corrected chi connectivity index (χ1v) is 4.87. The van der Waals surface area contributed by atoms with Crippen molar-refractivity contribution in [2.24, 2.45) is 0 Å². The van der Waals surface area contributed by atoms with E-state index in [4.69, 9.17) is 0 Å². The number of benzene rings is 1. The highest BCUT2D eigenvalue weighted by Crippen LogP contribution is 2.21. The van der Waals surface area contributed by atoms with E-state index >= 15 is 0 Å². The highest BCUT2D eigenvalue weighted by Gasteiger charge is 2.01. The van der Waals surface area contributed by atoms with Crippen LogP contribution in [0.1, 0.15) is 25.0 Å². The molecule has 1 N–H and O–H groups in total. The molecule has 0 bridgehead atoms. The normalized spacial score (nSPS) is 12.2. The zero-order valence-corrected chi connectivity index (χ0v) is 8.59. The van der Waals surface area contributed by atoms with Gasteiger partial charge in [-0.05, 0) is 24.1 Å². The SMILES string of the molecule is CC.Cc1ccc2c(c1)NCC=C2. The fourth-order valence-corrected chi connectivity index (χ4v) is 1.32. The minimum atomic E-state index is 0.955. The summed E-state index contributed by atoms with van der Waals surface area (Å²) < 4.78 is 0. The Morgan fingerprint density at radius 2 is 2.00 bits per heavy atom.